The lowest BCUT2D eigenvalue weighted by atomic mass is 10.1. The molecule has 0 fully saturated rings. The molecule has 1 unspecified atom stereocenters. The van der Waals surface area contributed by atoms with Crippen LogP contribution in [0.3, 0.4) is 0 Å². The van der Waals surface area contributed by atoms with E-state index in [1.807, 2.05) is 20.0 Å². The number of hydrogen-bond acceptors (Lipinski definition) is 2. The maximum atomic E-state index is 12.9. The summed E-state index contributed by atoms with van der Waals surface area (Å²) in [4.78, 5) is 0. The first kappa shape index (κ1) is 9.00. The Morgan fingerprint density at radius 3 is 2.75 bits per heavy atom. The van der Waals surface area contributed by atoms with Crippen molar-refractivity contribution in [3.63, 3.8) is 0 Å². The summed E-state index contributed by atoms with van der Waals surface area (Å²) < 4.78 is 12.9. The van der Waals surface area contributed by atoms with Gasteiger partial charge in [-0.05, 0) is 25.6 Å². The Kier molecular flexibility index (Phi) is 2.65. The molecular formula is C9H13FN2. The third kappa shape index (κ3) is 1.56. The van der Waals surface area contributed by atoms with E-state index < -0.39 is 0 Å². The third-order valence-corrected chi connectivity index (χ3v) is 1.99. The zero-order valence-electron chi connectivity index (χ0n) is 7.26. The summed E-state index contributed by atoms with van der Waals surface area (Å²) in [6.45, 7) is 1.94. The Bertz CT molecular complexity index is 273. The molecule has 0 aliphatic carbocycles. The van der Waals surface area contributed by atoms with Crippen molar-refractivity contribution in [1.82, 2.24) is 5.32 Å². The van der Waals surface area contributed by atoms with Gasteiger partial charge in [-0.15, -0.1) is 0 Å². The zero-order valence-corrected chi connectivity index (χ0v) is 7.26. The Hall–Kier alpha value is -1.09. The Morgan fingerprint density at radius 1 is 1.50 bits per heavy atom. The first-order valence-electron chi connectivity index (χ1n) is 3.88. The summed E-state index contributed by atoms with van der Waals surface area (Å²) in [6, 6.07) is 4.93. The van der Waals surface area contributed by atoms with Gasteiger partial charge in [0.25, 0.3) is 0 Å². The van der Waals surface area contributed by atoms with Gasteiger partial charge in [-0.3, -0.25) is 0 Å². The van der Waals surface area contributed by atoms with Crippen LogP contribution in [-0.2, 0) is 0 Å². The van der Waals surface area contributed by atoms with Gasteiger partial charge in [0, 0.05) is 6.04 Å². The molecule has 2 nitrogen and oxygen atoms in total. The summed E-state index contributed by atoms with van der Waals surface area (Å²) >= 11 is 0. The van der Waals surface area contributed by atoms with Gasteiger partial charge >= 0.3 is 0 Å². The van der Waals surface area contributed by atoms with Gasteiger partial charge in [0.15, 0.2) is 0 Å². The molecule has 0 heterocycles. The zero-order chi connectivity index (χ0) is 9.14. The Balaban J connectivity index is 3.07. The van der Waals surface area contributed by atoms with Gasteiger partial charge in [0.05, 0.1) is 5.69 Å². The number of nitrogens with two attached hydrogens (primary N) is 1. The average Bonchev–Trinajstić information content (AvgIpc) is 2.08. The fourth-order valence-electron chi connectivity index (χ4n) is 1.09. The standard InChI is InChI=1S/C9H13FN2/c1-6(12-2)7-4-3-5-8(10)9(7)11/h3-6,12H,11H2,1-2H3. The van der Waals surface area contributed by atoms with Gasteiger partial charge in [-0.25, -0.2) is 4.39 Å². The van der Waals surface area contributed by atoms with E-state index in [-0.39, 0.29) is 17.5 Å². The van der Waals surface area contributed by atoms with Gasteiger partial charge in [0.1, 0.15) is 5.82 Å². The second kappa shape index (κ2) is 3.54. The summed E-state index contributed by atoms with van der Waals surface area (Å²) in [5, 5.41) is 3.00. The summed E-state index contributed by atoms with van der Waals surface area (Å²) in [5.41, 5.74) is 6.58. The largest absolute Gasteiger partial charge is 0.396 e. The number of hydrogen-bond donors (Lipinski definition) is 2. The van der Waals surface area contributed by atoms with Crippen LogP contribution in [0, 0.1) is 5.82 Å². The minimum atomic E-state index is -0.352. The smallest absolute Gasteiger partial charge is 0.146 e. The number of benzene rings is 1. The van der Waals surface area contributed by atoms with Crippen molar-refractivity contribution in [3.05, 3.63) is 29.6 Å². The molecule has 0 aromatic heterocycles. The van der Waals surface area contributed by atoms with Crippen LogP contribution in [0.1, 0.15) is 18.5 Å². The minimum absolute atomic E-state index is 0.0840. The van der Waals surface area contributed by atoms with Crippen LogP contribution in [-0.4, -0.2) is 7.05 Å². The van der Waals surface area contributed by atoms with E-state index in [0.29, 0.717) is 0 Å². The molecule has 12 heavy (non-hydrogen) atoms. The molecule has 0 bridgehead atoms. The normalized spacial score (nSPS) is 12.9. The SMILES string of the molecule is CNC(C)c1cccc(F)c1N. The summed E-state index contributed by atoms with van der Waals surface area (Å²) in [5.74, 6) is -0.352. The second-order valence-corrected chi connectivity index (χ2v) is 2.75. The van der Waals surface area contributed by atoms with Crippen molar-refractivity contribution in [1.29, 1.82) is 0 Å². The van der Waals surface area contributed by atoms with Gasteiger partial charge in [-0.2, -0.15) is 0 Å². The monoisotopic (exact) mass is 168 g/mol. The number of rotatable bonds is 2. The van der Waals surface area contributed by atoms with E-state index in [1.165, 1.54) is 6.07 Å². The van der Waals surface area contributed by atoms with E-state index in [9.17, 15) is 4.39 Å². The molecule has 0 aliphatic rings. The van der Waals surface area contributed by atoms with Crippen LogP contribution in [0.15, 0.2) is 18.2 Å². The van der Waals surface area contributed by atoms with Gasteiger partial charge in [-0.1, -0.05) is 12.1 Å². The van der Waals surface area contributed by atoms with Crippen LogP contribution in [0.4, 0.5) is 10.1 Å². The van der Waals surface area contributed by atoms with Crippen LogP contribution in [0.25, 0.3) is 0 Å². The van der Waals surface area contributed by atoms with Crippen LogP contribution in [0.5, 0.6) is 0 Å². The number of halogens is 1. The first-order valence-corrected chi connectivity index (χ1v) is 3.88. The highest BCUT2D eigenvalue weighted by atomic mass is 19.1. The molecule has 0 aliphatic heterocycles. The van der Waals surface area contributed by atoms with Crippen molar-refractivity contribution in [2.45, 2.75) is 13.0 Å². The van der Waals surface area contributed by atoms with Crippen molar-refractivity contribution >= 4 is 5.69 Å². The maximum Gasteiger partial charge on any atom is 0.146 e. The molecule has 0 saturated carbocycles. The lowest BCUT2D eigenvalue weighted by molar-refractivity contribution is 0.615. The van der Waals surface area contributed by atoms with Gasteiger partial charge < -0.3 is 11.1 Å². The molecule has 0 spiro atoms. The average molecular weight is 168 g/mol. The quantitative estimate of drug-likeness (QED) is 0.659. The Morgan fingerprint density at radius 2 is 2.17 bits per heavy atom. The van der Waals surface area contributed by atoms with Crippen molar-refractivity contribution in [2.75, 3.05) is 12.8 Å². The molecule has 1 atom stereocenters. The molecule has 1 rings (SSSR count). The molecule has 3 N–H and O–H groups in total. The number of nitrogens with one attached hydrogen (secondary N) is 1. The summed E-state index contributed by atoms with van der Waals surface area (Å²) in [7, 11) is 1.81. The number of para-hydroxylation sites is 1. The molecule has 0 radical (unpaired) electrons. The van der Waals surface area contributed by atoms with Crippen LogP contribution >= 0.6 is 0 Å². The maximum absolute atomic E-state index is 12.9. The third-order valence-electron chi connectivity index (χ3n) is 1.99. The minimum Gasteiger partial charge on any atom is -0.396 e. The lowest BCUT2D eigenvalue weighted by Crippen LogP contribution is -2.14. The van der Waals surface area contributed by atoms with Gasteiger partial charge in [0.2, 0.25) is 0 Å². The number of nitrogen functional groups attached to an aromatic ring is 1. The second-order valence-electron chi connectivity index (χ2n) is 2.75. The first-order chi connectivity index (χ1) is 5.66. The highest BCUT2D eigenvalue weighted by Gasteiger charge is 2.08. The molecule has 3 heteroatoms. The predicted octanol–water partition coefficient (Wildman–Crippen LogP) is 1.69. The molecular weight excluding hydrogens is 155 g/mol. The fraction of sp³-hybridized carbons (Fsp3) is 0.333. The highest BCUT2D eigenvalue weighted by molar-refractivity contribution is 5.49. The number of anilines is 1. The van der Waals surface area contributed by atoms with Crippen molar-refractivity contribution < 1.29 is 4.39 Å². The van der Waals surface area contributed by atoms with E-state index in [4.69, 9.17) is 5.73 Å². The van der Waals surface area contributed by atoms with Crippen LogP contribution < -0.4 is 11.1 Å². The molecule has 1 aromatic rings. The molecule has 66 valence electrons. The Labute approximate surface area is 71.6 Å². The summed E-state index contributed by atoms with van der Waals surface area (Å²) in [6.07, 6.45) is 0. The topological polar surface area (TPSA) is 38.0 Å². The van der Waals surface area contributed by atoms with Crippen molar-refractivity contribution in [2.24, 2.45) is 0 Å². The predicted molar refractivity (Wildman–Crippen MR) is 48.3 cm³/mol. The molecule has 0 saturated heterocycles. The van der Waals surface area contributed by atoms with E-state index >= 15 is 0 Å². The highest BCUT2D eigenvalue weighted by Crippen LogP contribution is 2.21. The molecule has 0 amide bonds. The van der Waals surface area contributed by atoms with E-state index in [0.717, 1.165) is 5.56 Å². The lowest BCUT2D eigenvalue weighted by Gasteiger charge is -2.13. The fourth-order valence-corrected chi connectivity index (χ4v) is 1.09. The van der Waals surface area contributed by atoms with Crippen molar-refractivity contribution in [3.8, 4) is 0 Å². The van der Waals surface area contributed by atoms with E-state index in [1.54, 1.807) is 6.07 Å². The van der Waals surface area contributed by atoms with E-state index in [2.05, 4.69) is 5.32 Å². The molecule has 1 aromatic carbocycles. The van der Waals surface area contributed by atoms with Crippen LogP contribution in [0.2, 0.25) is 0 Å².